The molecule has 0 saturated carbocycles. The Bertz CT molecular complexity index is 1230. The molecule has 3 aromatic heterocycles. The van der Waals surface area contributed by atoms with Gasteiger partial charge < -0.3 is 4.90 Å². The van der Waals surface area contributed by atoms with E-state index in [2.05, 4.69) is 15.1 Å². The molecule has 0 N–H and O–H groups in total. The molecule has 2 aliphatic rings. The molecule has 1 saturated heterocycles. The lowest BCUT2D eigenvalue weighted by Gasteiger charge is -2.35. The molecule has 0 aliphatic carbocycles. The van der Waals surface area contributed by atoms with Gasteiger partial charge in [0.1, 0.15) is 5.82 Å². The molecular formula is C23H22F3N7O2. The molecule has 0 bridgehead atoms. The van der Waals surface area contributed by atoms with Crippen LogP contribution in [0.1, 0.15) is 16.8 Å². The van der Waals surface area contributed by atoms with Gasteiger partial charge in [0, 0.05) is 56.8 Å². The Hall–Kier alpha value is -3.80. The van der Waals surface area contributed by atoms with E-state index in [-0.39, 0.29) is 37.3 Å². The zero-order valence-corrected chi connectivity index (χ0v) is 18.6. The fraction of sp³-hybridized carbons (Fsp3) is 0.348. The standard InChI is InChI=1S/C23H22F3N7O2/c24-23(25,26)17-4-5-19(28-11-17)32-10-9-30(15-22(32)35)14-21(34)31-8-6-18-16(12-31)13-33(29-18)20-3-1-2-7-27-20/h1-5,7,11,13H,6,8-10,12,14-15H2. The van der Waals surface area contributed by atoms with Gasteiger partial charge in [-0.2, -0.15) is 18.3 Å². The Labute approximate surface area is 198 Å². The van der Waals surface area contributed by atoms with E-state index in [1.54, 1.807) is 20.7 Å². The monoisotopic (exact) mass is 485 g/mol. The van der Waals surface area contributed by atoms with Crippen LogP contribution < -0.4 is 4.90 Å². The molecule has 12 heteroatoms. The van der Waals surface area contributed by atoms with E-state index < -0.39 is 11.7 Å². The number of nitrogens with zero attached hydrogens (tertiary/aromatic N) is 7. The fourth-order valence-electron chi connectivity index (χ4n) is 4.24. The van der Waals surface area contributed by atoms with Gasteiger partial charge in [-0.1, -0.05) is 6.07 Å². The molecule has 2 amide bonds. The Balaban J connectivity index is 1.17. The normalized spacial score (nSPS) is 16.9. The summed E-state index contributed by atoms with van der Waals surface area (Å²) < 4.78 is 40.0. The summed E-state index contributed by atoms with van der Waals surface area (Å²) in [6, 6.07) is 7.67. The molecule has 35 heavy (non-hydrogen) atoms. The number of hydrogen-bond donors (Lipinski definition) is 0. The average Bonchev–Trinajstić information content (AvgIpc) is 3.28. The largest absolute Gasteiger partial charge is 0.417 e. The molecule has 2 aliphatic heterocycles. The van der Waals surface area contributed by atoms with E-state index in [9.17, 15) is 22.8 Å². The Kier molecular flexibility index (Phi) is 5.97. The molecule has 0 atom stereocenters. The number of fused-ring (bicyclic) bond motifs is 1. The summed E-state index contributed by atoms with van der Waals surface area (Å²) in [5, 5.41) is 4.58. The smallest absolute Gasteiger partial charge is 0.337 e. The number of aromatic nitrogens is 4. The van der Waals surface area contributed by atoms with Gasteiger partial charge in [0.25, 0.3) is 0 Å². The first-order valence-electron chi connectivity index (χ1n) is 11.1. The maximum Gasteiger partial charge on any atom is 0.417 e. The van der Waals surface area contributed by atoms with Crippen molar-refractivity contribution in [2.75, 3.05) is 37.6 Å². The molecule has 0 unspecified atom stereocenters. The van der Waals surface area contributed by atoms with E-state index in [0.717, 1.165) is 23.5 Å². The zero-order valence-electron chi connectivity index (χ0n) is 18.6. The molecule has 182 valence electrons. The number of rotatable bonds is 4. The fourth-order valence-corrected chi connectivity index (χ4v) is 4.24. The Morgan fingerprint density at radius 1 is 1.00 bits per heavy atom. The minimum Gasteiger partial charge on any atom is -0.337 e. The minimum atomic E-state index is -4.49. The number of amides is 2. The van der Waals surface area contributed by atoms with Gasteiger partial charge in [0.15, 0.2) is 5.82 Å². The molecule has 0 aromatic carbocycles. The van der Waals surface area contributed by atoms with E-state index >= 15 is 0 Å². The first-order valence-corrected chi connectivity index (χ1v) is 11.1. The minimum absolute atomic E-state index is 0.00879. The number of pyridine rings is 2. The van der Waals surface area contributed by atoms with Crippen LogP contribution >= 0.6 is 0 Å². The predicted octanol–water partition coefficient (Wildman–Crippen LogP) is 1.91. The van der Waals surface area contributed by atoms with Gasteiger partial charge in [-0.05, 0) is 24.3 Å². The van der Waals surface area contributed by atoms with E-state index in [1.807, 2.05) is 24.4 Å². The SMILES string of the molecule is O=C(CN1CCN(c2ccc(C(F)(F)F)cn2)C(=O)C1)N1CCc2nn(-c3ccccn3)cc2C1. The third kappa shape index (κ3) is 4.87. The third-order valence-corrected chi connectivity index (χ3v) is 6.10. The van der Waals surface area contributed by atoms with Crippen LogP contribution in [0.4, 0.5) is 19.0 Å². The summed E-state index contributed by atoms with van der Waals surface area (Å²) in [4.78, 5) is 38.5. The summed E-state index contributed by atoms with van der Waals surface area (Å²) in [6.07, 6.45) is 0.449. The number of carbonyl (C=O) groups excluding carboxylic acids is 2. The second-order valence-electron chi connectivity index (χ2n) is 8.46. The van der Waals surface area contributed by atoms with Crippen molar-refractivity contribution in [2.24, 2.45) is 0 Å². The van der Waals surface area contributed by atoms with Gasteiger partial charge in [-0.3, -0.25) is 19.4 Å². The summed E-state index contributed by atoms with van der Waals surface area (Å²) >= 11 is 0. The second kappa shape index (κ2) is 9.10. The lowest BCUT2D eigenvalue weighted by molar-refractivity contribution is -0.138. The maximum absolute atomic E-state index is 12.9. The highest BCUT2D eigenvalue weighted by Gasteiger charge is 2.33. The lowest BCUT2D eigenvalue weighted by Crippen LogP contribution is -2.53. The first-order chi connectivity index (χ1) is 16.8. The maximum atomic E-state index is 12.9. The van der Waals surface area contributed by atoms with Crippen molar-refractivity contribution >= 4 is 17.6 Å². The van der Waals surface area contributed by atoms with E-state index in [0.29, 0.717) is 31.9 Å². The van der Waals surface area contributed by atoms with Crippen molar-refractivity contribution in [1.29, 1.82) is 0 Å². The molecule has 3 aromatic rings. The summed E-state index contributed by atoms with van der Waals surface area (Å²) in [5.41, 5.74) is 1.03. The topological polar surface area (TPSA) is 87.5 Å². The van der Waals surface area contributed by atoms with Crippen LogP contribution in [0.25, 0.3) is 5.82 Å². The van der Waals surface area contributed by atoms with Gasteiger partial charge >= 0.3 is 6.18 Å². The molecule has 5 heterocycles. The highest BCUT2D eigenvalue weighted by molar-refractivity contribution is 5.95. The van der Waals surface area contributed by atoms with Crippen LogP contribution in [0.2, 0.25) is 0 Å². The van der Waals surface area contributed by atoms with E-state index in [4.69, 9.17) is 0 Å². The van der Waals surface area contributed by atoms with Crippen molar-refractivity contribution in [3.8, 4) is 5.82 Å². The molecule has 0 radical (unpaired) electrons. The van der Waals surface area contributed by atoms with Crippen molar-refractivity contribution < 1.29 is 22.8 Å². The van der Waals surface area contributed by atoms with Crippen LogP contribution in [0.3, 0.4) is 0 Å². The van der Waals surface area contributed by atoms with Crippen molar-refractivity contribution in [1.82, 2.24) is 29.5 Å². The number of hydrogen-bond acceptors (Lipinski definition) is 6. The van der Waals surface area contributed by atoms with Crippen LogP contribution in [0.15, 0.2) is 48.9 Å². The van der Waals surface area contributed by atoms with Crippen molar-refractivity contribution in [3.63, 3.8) is 0 Å². The average molecular weight is 485 g/mol. The quantitative estimate of drug-likeness (QED) is 0.561. The second-order valence-corrected chi connectivity index (χ2v) is 8.46. The van der Waals surface area contributed by atoms with Crippen LogP contribution in [-0.2, 0) is 28.7 Å². The third-order valence-electron chi connectivity index (χ3n) is 6.10. The van der Waals surface area contributed by atoms with E-state index in [1.165, 1.54) is 11.0 Å². The molecule has 1 fully saturated rings. The predicted molar refractivity (Wildman–Crippen MR) is 119 cm³/mol. The lowest BCUT2D eigenvalue weighted by atomic mass is 10.1. The summed E-state index contributed by atoms with van der Waals surface area (Å²) in [6.45, 7) is 1.70. The zero-order chi connectivity index (χ0) is 24.6. The number of alkyl halides is 3. The Morgan fingerprint density at radius 3 is 2.54 bits per heavy atom. The highest BCUT2D eigenvalue weighted by atomic mass is 19.4. The summed E-state index contributed by atoms with van der Waals surface area (Å²) in [5.74, 6) is 0.477. The van der Waals surface area contributed by atoms with Crippen molar-refractivity contribution in [3.05, 3.63) is 65.7 Å². The Morgan fingerprint density at radius 2 is 1.86 bits per heavy atom. The highest BCUT2D eigenvalue weighted by Crippen LogP contribution is 2.29. The van der Waals surface area contributed by atoms with Gasteiger partial charge in [-0.25, -0.2) is 14.6 Å². The van der Waals surface area contributed by atoms with Gasteiger partial charge in [0.2, 0.25) is 11.8 Å². The van der Waals surface area contributed by atoms with Gasteiger partial charge in [-0.15, -0.1) is 0 Å². The molecule has 5 rings (SSSR count). The number of halogens is 3. The summed E-state index contributed by atoms with van der Waals surface area (Å²) in [7, 11) is 0. The van der Waals surface area contributed by atoms with Crippen LogP contribution in [0, 0.1) is 0 Å². The van der Waals surface area contributed by atoms with Crippen LogP contribution in [0.5, 0.6) is 0 Å². The number of piperazine rings is 1. The molecule has 9 nitrogen and oxygen atoms in total. The van der Waals surface area contributed by atoms with Crippen molar-refractivity contribution in [2.45, 2.75) is 19.1 Å². The molecule has 0 spiro atoms. The number of carbonyl (C=O) groups is 2. The first kappa shape index (κ1) is 23.0. The van der Waals surface area contributed by atoms with Crippen LogP contribution in [-0.4, -0.2) is 74.1 Å². The van der Waals surface area contributed by atoms with Gasteiger partial charge in [0.05, 0.1) is 24.3 Å². The molecular weight excluding hydrogens is 463 g/mol. The number of anilines is 1.